The lowest BCUT2D eigenvalue weighted by Gasteiger charge is -2.07. The molecule has 0 bridgehead atoms. The first kappa shape index (κ1) is 23.0. The Bertz CT molecular complexity index is 1220. The third-order valence-corrected chi connectivity index (χ3v) is 5.11. The zero-order chi connectivity index (χ0) is 23.3. The average molecular weight is 432 g/mol. The Labute approximate surface area is 188 Å². The smallest absolute Gasteiger partial charge is 0.341 e. The fourth-order valence-corrected chi connectivity index (χ4v) is 3.35. The molecule has 0 aliphatic carbocycles. The van der Waals surface area contributed by atoms with Gasteiger partial charge < -0.3 is 4.74 Å². The summed E-state index contributed by atoms with van der Waals surface area (Å²) >= 11 is 0. The number of fused-ring (bicyclic) bond motifs is 1. The maximum absolute atomic E-state index is 12.4. The van der Waals surface area contributed by atoms with Gasteiger partial charge in [-0.2, -0.15) is 15.5 Å². The maximum atomic E-state index is 12.4. The molecule has 2 aromatic heterocycles. The second kappa shape index (κ2) is 10.1. The summed E-state index contributed by atoms with van der Waals surface area (Å²) in [7, 11) is 0. The van der Waals surface area contributed by atoms with E-state index in [0.717, 1.165) is 29.4 Å². The van der Waals surface area contributed by atoms with E-state index < -0.39 is 5.97 Å². The van der Waals surface area contributed by atoms with E-state index in [4.69, 9.17) is 4.74 Å². The summed E-state index contributed by atoms with van der Waals surface area (Å²) in [4.78, 5) is 12.4. The van der Waals surface area contributed by atoms with Crippen LogP contribution >= 0.6 is 0 Å². The fraction of sp³-hybridized carbons (Fsp3) is 0.360. The number of aromatic nitrogens is 4. The van der Waals surface area contributed by atoms with Crippen LogP contribution < -0.4 is 0 Å². The van der Waals surface area contributed by atoms with Gasteiger partial charge in [-0.25, -0.2) is 9.48 Å². The summed E-state index contributed by atoms with van der Waals surface area (Å²) in [6.45, 7) is 10.5. The first-order valence-electron chi connectivity index (χ1n) is 10.7. The highest BCUT2D eigenvalue weighted by atomic mass is 16.5. The second-order valence-electron chi connectivity index (χ2n) is 8.34. The van der Waals surface area contributed by atoms with E-state index in [-0.39, 0.29) is 12.6 Å². The predicted molar refractivity (Wildman–Crippen MR) is 125 cm³/mol. The van der Waals surface area contributed by atoms with Gasteiger partial charge in [0.1, 0.15) is 12.7 Å². The number of esters is 1. The first-order valence-corrected chi connectivity index (χ1v) is 10.7. The Morgan fingerprint density at radius 2 is 2.03 bits per heavy atom. The van der Waals surface area contributed by atoms with Crippen LogP contribution in [0.15, 0.2) is 53.9 Å². The summed E-state index contributed by atoms with van der Waals surface area (Å²) in [5.74, 6) is -0.420. The van der Waals surface area contributed by atoms with Crippen LogP contribution in [-0.4, -0.2) is 32.1 Å². The zero-order valence-electron chi connectivity index (χ0n) is 19.3. The first-order chi connectivity index (χ1) is 15.3. The lowest BCUT2D eigenvalue weighted by Crippen LogP contribution is -2.04. The Hall–Kier alpha value is -3.66. The Morgan fingerprint density at radius 1 is 1.25 bits per heavy atom. The van der Waals surface area contributed by atoms with Crippen LogP contribution in [0.5, 0.6) is 0 Å². The fourth-order valence-electron chi connectivity index (χ4n) is 3.35. The molecule has 0 aliphatic rings. The van der Waals surface area contributed by atoms with Gasteiger partial charge in [-0.05, 0) is 71.7 Å². The van der Waals surface area contributed by atoms with Crippen molar-refractivity contribution in [1.29, 1.82) is 5.26 Å². The predicted octanol–water partition coefficient (Wildman–Crippen LogP) is 5.52. The molecule has 0 N–H and O–H groups in total. The third kappa shape index (κ3) is 5.33. The molecule has 0 saturated carbocycles. The van der Waals surface area contributed by atoms with Gasteiger partial charge in [0.05, 0.1) is 23.0 Å². The molecule has 0 radical (unpaired) electrons. The Morgan fingerprint density at radius 3 is 2.72 bits per heavy atom. The molecule has 0 spiro atoms. The summed E-state index contributed by atoms with van der Waals surface area (Å²) in [6, 6.07) is 7.97. The van der Waals surface area contributed by atoms with E-state index in [1.165, 1.54) is 17.3 Å². The number of nitriles is 1. The molecule has 2 heterocycles. The number of rotatable bonds is 8. The SMILES string of the molecule is CC(C)=CCCC(C)=CCOC(=O)c1cnn(-c2ccc3c(c2)c(C#N)nn3C(C)C)c1. The molecule has 32 heavy (non-hydrogen) atoms. The van der Waals surface area contributed by atoms with Crippen LogP contribution in [0.4, 0.5) is 0 Å². The van der Waals surface area contributed by atoms with Gasteiger partial charge in [-0.15, -0.1) is 0 Å². The van der Waals surface area contributed by atoms with Crippen molar-refractivity contribution >= 4 is 16.9 Å². The molecule has 166 valence electrons. The highest BCUT2D eigenvalue weighted by Gasteiger charge is 2.15. The van der Waals surface area contributed by atoms with Crippen LogP contribution in [0.1, 0.15) is 69.6 Å². The molecular formula is C25H29N5O2. The lowest BCUT2D eigenvalue weighted by molar-refractivity contribution is 0.0549. The van der Waals surface area contributed by atoms with Crippen molar-refractivity contribution < 1.29 is 9.53 Å². The molecule has 0 unspecified atom stereocenters. The summed E-state index contributed by atoms with van der Waals surface area (Å²) in [5.41, 5.74) is 4.87. The van der Waals surface area contributed by atoms with E-state index in [9.17, 15) is 10.1 Å². The topological polar surface area (TPSA) is 85.7 Å². The van der Waals surface area contributed by atoms with E-state index in [0.29, 0.717) is 11.3 Å². The highest BCUT2D eigenvalue weighted by molar-refractivity contribution is 5.89. The third-order valence-electron chi connectivity index (χ3n) is 5.11. The molecule has 0 atom stereocenters. The molecule has 7 nitrogen and oxygen atoms in total. The van der Waals surface area contributed by atoms with Gasteiger partial charge >= 0.3 is 5.97 Å². The molecule has 1 aromatic carbocycles. The van der Waals surface area contributed by atoms with Crippen molar-refractivity contribution in [1.82, 2.24) is 19.6 Å². The number of carbonyl (C=O) groups excluding carboxylic acids is 1. The van der Waals surface area contributed by atoms with Gasteiger partial charge in [0.15, 0.2) is 5.69 Å². The van der Waals surface area contributed by atoms with Crippen LogP contribution in [0.3, 0.4) is 0 Å². The molecule has 0 fully saturated rings. The number of carbonyl (C=O) groups is 1. The minimum atomic E-state index is -0.420. The van der Waals surface area contributed by atoms with E-state index in [1.807, 2.05) is 49.7 Å². The van der Waals surface area contributed by atoms with Gasteiger partial charge in [0.2, 0.25) is 0 Å². The normalized spacial score (nSPS) is 11.6. The van der Waals surface area contributed by atoms with E-state index in [2.05, 4.69) is 36.2 Å². The number of ether oxygens (including phenoxy) is 1. The van der Waals surface area contributed by atoms with Gasteiger partial charge in [-0.1, -0.05) is 17.2 Å². The van der Waals surface area contributed by atoms with Crippen molar-refractivity contribution in [3.05, 3.63) is 65.1 Å². The van der Waals surface area contributed by atoms with Crippen LogP contribution in [0.25, 0.3) is 16.6 Å². The van der Waals surface area contributed by atoms with E-state index in [1.54, 1.807) is 10.9 Å². The highest BCUT2D eigenvalue weighted by Crippen LogP contribution is 2.24. The quantitative estimate of drug-likeness (QED) is 0.346. The summed E-state index contributed by atoms with van der Waals surface area (Å²) < 4.78 is 8.81. The largest absolute Gasteiger partial charge is 0.458 e. The van der Waals surface area contributed by atoms with E-state index >= 15 is 0 Å². The number of hydrogen-bond acceptors (Lipinski definition) is 5. The van der Waals surface area contributed by atoms with Crippen molar-refractivity contribution in [3.8, 4) is 11.8 Å². The van der Waals surface area contributed by atoms with Crippen molar-refractivity contribution in [2.24, 2.45) is 0 Å². The summed E-state index contributed by atoms with van der Waals surface area (Å²) in [6.07, 6.45) is 9.18. The van der Waals surface area contributed by atoms with Crippen LogP contribution in [0, 0.1) is 11.3 Å². The van der Waals surface area contributed by atoms with Crippen molar-refractivity contribution in [2.45, 2.75) is 53.5 Å². The maximum Gasteiger partial charge on any atom is 0.341 e. The van der Waals surface area contributed by atoms with Gasteiger partial charge in [-0.3, -0.25) is 4.68 Å². The van der Waals surface area contributed by atoms with Gasteiger partial charge in [0.25, 0.3) is 0 Å². The molecule has 0 saturated heterocycles. The number of allylic oxidation sites excluding steroid dienone is 3. The summed E-state index contributed by atoms with van der Waals surface area (Å²) in [5, 5.41) is 18.9. The Balaban J connectivity index is 1.70. The molecular weight excluding hydrogens is 402 g/mol. The lowest BCUT2D eigenvalue weighted by atomic mass is 10.1. The number of benzene rings is 1. The number of nitrogens with zero attached hydrogens (tertiary/aromatic N) is 5. The minimum Gasteiger partial charge on any atom is -0.458 e. The minimum absolute atomic E-state index is 0.140. The molecule has 0 aliphatic heterocycles. The molecule has 0 amide bonds. The van der Waals surface area contributed by atoms with Crippen molar-refractivity contribution in [2.75, 3.05) is 6.61 Å². The monoisotopic (exact) mass is 431 g/mol. The standard InChI is InChI=1S/C25H29N5O2/c1-17(2)7-6-8-19(5)11-12-32-25(31)20-15-27-29(16-20)21-9-10-24-22(13-21)23(14-26)28-30(24)18(3)4/h7,9-11,13,15-16,18H,6,8,12H2,1-5H3. The molecule has 3 aromatic rings. The van der Waals surface area contributed by atoms with Crippen molar-refractivity contribution in [3.63, 3.8) is 0 Å². The zero-order valence-corrected chi connectivity index (χ0v) is 19.3. The Kier molecular flexibility index (Phi) is 7.26. The molecule has 3 rings (SSSR count). The molecule has 7 heteroatoms. The second-order valence-corrected chi connectivity index (χ2v) is 8.34. The number of hydrogen-bond donors (Lipinski definition) is 0. The van der Waals surface area contributed by atoms with Crippen LogP contribution in [0.2, 0.25) is 0 Å². The van der Waals surface area contributed by atoms with Crippen LogP contribution in [-0.2, 0) is 4.74 Å². The van der Waals surface area contributed by atoms with Gasteiger partial charge in [0, 0.05) is 17.6 Å². The average Bonchev–Trinajstić information content (AvgIpc) is 3.38.